The zero-order valence-electron chi connectivity index (χ0n) is 17.4. The predicted octanol–water partition coefficient (Wildman–Crippen LogP) is 4.58. The summed E-state index contributed by atoms with van der Waals surface area (Å²) in [6.45, 7) is 8.25. The molecule has 1 aromatic carbocycles. The first-order valence-corrected chi connectivity index (χ1v) is 9.47. The highest BCUT2D eigenvalue weighted by molar-refractivity contribution is 6.33. The molecule has 10 heteroatoms. The maximum atomic E-state index is 13.2. The fourth-order valence-corrected chi connectivity index (χ4v) is 3.09. The van der Waals surface area contributed by atoms with Crippen molar-refractivity contribution in [3.8, 4) is 5.75 Å². The van der Waals surface area contributed by atoms with Crippen molar-refractivity contribution >= 4 is 23.3 Å². The lowest BCUT2D eigenvalue weighted by Gasteiger charge is -2.26. The van der Waals surface area contributed by atoms with Crippen molar-refractivity contribution in [2.45, 2.75) is 52.4 Å². The van der Waals surface area contributed by atoms with E-state index in [0.717, 1.165) is 4.68 Å². The van der Waals surface area contributed by atoms with Gasteiger partial charge < -0.3 is 10.1 Å². The molecule has 164 valence electrons. The van der Waals surface area contributed by atoms with Crippen LogP contribution in [0.1, 0.15) is 59.7 Å². The van der Waals surface area contributed by atoms with Gasteiger partial charge in [0.05, 0.1) is 11.6 Å². The number of benzene rings is 1. The standard InChI is InChI=1S/C20H23ClF3N3O3/c1-10(2)30-12-7-8-13(11(3)9-12)16(28)19(4,5)25-18(29)14-15(20(22,23)24)26-27(6)17(14)21/h7-10H,1-6H3,(H,25,29). The Morgan fingerprint density at radius 3 is 2.33 bits per heavy atom. The lowest BCUT2D eigenvalue weighted by Crippen LogP contribution is -2.50. The summed E-state index contributed by atoms with van der Waals surface area (Å²) in [6, 6.07) is 4.87. The van der Waals surface area contributed by atoms with Crippen molar-refractivity contribution in [2.24, 2.45) is 7.05 Å². The van der Waals surface area contributed by atoms with Gasteiger partial charge in [0.15, 0.2) is 11.5 Å². The molecule has 0 aliphatic carbocycles. The maximum Gasteiger partial charge on any atom is 0.436 e. The van der Waals surface area contributed by atoms with Crippen LogP contribution in [0, 0.1) is 6.92 Å². The summed E-state index contributed by atoms with van der Waals surface area (Å²) < 4.78 is 46.1. The smallest absolute Gasteiger partial charge is 0.436 e. The molecule has 0 unspecified atom stereocenters. The molecule has 0 saturated heterocycles. The summed E-state index contributed by atoms with van der Waals surface area (Å²) in [5.41, 5.74) is -2.84. The highest BCUT2D eigenvalue weighted by Gasteiger charge is 2.42. The molecule has 1 amide bonds. The Labute approximate surface area is 177 Å². The second-order valence-electron chi connectivity index (χ2n) is 7.69. The highest BCUT2D eigenvalue weighted by atomic mass is 35.5. The molecule has 0 aliphatic rings. The van der Waals surface area contributed by atoms with Gasteiger partial charge in [-0.2, -0.15) is 18.3 Å². The number of amides is 1. The van der Waals surface area contributed by atoms with Gasteiger partial charge in [-0.25, -0.2) is 0 Å². The third kappa shape index (κ3) is 4.95. The van der Waals surface area contributed by atoms with E-state index in [2.05, 4.69) is 10.4 Å². The number of nitrogens with one attached hydrogen (secondary N) is 1. The van der Waals surface area contributed by atoms with E-state index < -0.39 is 39.8 Å². The number of ether oxygens (including phenoxy) is 1. The van der Waals surface area contributed by atoms with Crippen LogP contribution in [0.15, 0.2) is 18.2 Å². The Balaban J connectivity index is 2.33. The van der Waals surface area contributed by atoms with E-state index >= 15 is 0 Å². The molecule has 1 N–H and O–H groups in total. The van der Waals surface area contributed by atoms with Crippen LogP contribution in [0.4, 0.5) is 13.2 Å². The van der Waals surface area contributed by atoms with Crippen LogP contribution in [-0.4, -0.2) is 33.1 Å². The maximum absolute atomic E-state index is 13.2. The van der Waals surface area contributed by atoms with Crippen molar-refractivity contribution in [1.82, 2.24) is 15.1 Å². The van der Waals surface area contributed by atoms with E-state index in [1.54, 1.807) is 25.1 Å². The number of hydrogen-bond donors (Lipinski definition) is 1. The fourth-order valence-electron chi connectivity index (χ4n) is 2.88. The van der Waals surface area contributed by atoms with Gasteiger partial charge in [-0.3, -0.25) is 14.3 Å². The van der Waals surface area contributed by atoms with Gasteiger partial charge in [-0.05, 0) is 58.4 Å². The van der Waals surface area contributed by atoms with E-state index in [9.17, 15) is 22.8 Å². The van der Waals surface area contributed by atoms with E-state index in [1.165, 1.54) is 20.9 Å². The largest absolute Gasteiger partial charge is 0.491 e. The van der Waals surface area contributed by atoms with Crippen LogP contribution in [0.3, 0.4) is 0 Å². The number of alkyl halides is 3. The van der Waals surface area contributed by atoms with Gasteiger partial charge in [0.1, 0.15) is 16.5 Å². The SMILES string of the molecule is Cc1cc(OC(C)C)ccc1C(=O)C(C)(C)NC(=O)c1c(C(F)(F)F)nn(C)c1Cl. The first-order valence-electron chi connectivity index (χ1n) is 9.09. The van der Waals surface area contributed by atoms with Crippen molar-refractivity contribution in [3.63, 3.8) is 0 Å². The highest BCUT2D eigenvalue weighted by Crippen LogP contribution is 2.34. The Hall–Kier alpha value is -2.55. The summed E-state index contributed by atoms with van der Waals surface area (Å²) in [7, 11) is 1.19. The number of carbonyl (C=O) groups is 2. The molecule has 0 atom stereocenters. The number of hydrogen-bond acceptors (Lipinski definition) is 4. The monoisotopic (exact) mass is 445 g/mol. The van der Waals surface area contributed by atoms with Crippen LogP contribution in [0.5, 0.6) is 5.75 Å². The predicted molar refractivity (Wildman–Crippen MR) is 106 cm³/mol. The molecule has 1 aromatic heterocycles. The minimum Gasteiger partial charge on any atom is -0.491 e. The van der Waals surface area contributed by atoms with Crippen molar-refractivity contribution in [3.05, 3.63) is 45.7 Å². The van der Waals surface area contributed by atoms with Gasteiger partial charge in [0.25, 0.3) is 5.91 Å². The first kappa shape index (κ1) is 23.7. The lowest BCUT2D eigenvalue weighted by molar-refractivity contribution is -0.141. The molecule has 0 aliphatic heterocycles. The fraction of sp³-hybridized carbons (Fsp3) is 0.450. The quantitative estimate of drug-likeness (QED) is 0.660. The molecular weight excluding hydrogens is 423 g/mol. The molecule has 30 heavy (non-hydrogen) atoms. The van der Waals surface area contributed by atoms with Gasteiger partial charge in [-0.1, -0.05) is 11.6 Å². The van der Waals surface area contributed by atoms with Crippen LogP contribution in [-0.2, 0) is 13.2 Å². The molecule has 1 heterocycles. The number of nitrogens with zero attached hydrogens (tertiary/aromatic N) is 2. The van der Waals surface area contributed by atoms with Gasteiger partial charge in [-0.15, -0.1) is 0 Å². The molecule has 6 nitrogen and oxygen atoms in total. The van der Waals surface area contributed by atoms with Crippen LogP contribution in [0.2, 0.25) is 5.15 Å². The minimum absolute atomic E-state index is 0.0475. The number of aryl methyl sites for hydroxylation is 2. The zero-order valence-corrected chi connectivity index (χ0v) is 18.2. The second-order valence-corrected chi connectivity index (χ2v) is 8.05. The molecule has 2 rings (SSSR count). The molecule has 0 bridgehead atoms. The van der Waals surface area contributed by atoms with E-state index in [4.69, 9.17) is 16.3 Å². The Morgan fingerprint density at radius 1 is 1.23 bits per heavy atom. The Kier molecular flexibility index (Phi) is 6.56. The summed E-state index contributed by atoms with van der Waals surface area (Å²) in [6.07, 6.45) is -4.93. The molecule has 0 fully saturated rings. The topological polar surface area (TPSA) is 73.2 Å². The minimum atomic E-state index is -4.88. The van der Waals surface area contributed by atoms with E-state index in [0.29, 0.717) is 16.9 Å². The average Bonchev–Trinajstić information content (AvgIpc) is 2.89. The number of Topliss-reactive ketones (excluding diaryl/α,β-unsaturated/α-hetero) is 1. The average molecular weight is 446 g/mol. The third-order valence-electron chi connectivity index (χ3n) is 4.28. The van der Waals surface area contributed by atoms with Gasteiger partial charge in [0.2, 0.25) is 0 Å². The summed E-state index contributed by atoms with van der Waals surface area (Å²) in [5, 5.41) is 5.16. The zero-order chi connectivity index (χ0) is 23.0. The number of halogens is 4. The van der Waals surface area contributed by atoms with Crippen molar-refractivity contribution in [2.75, 3.05) is 0 Å². The van der Waals surface area contributed by atoms with Crippen LogP contribution in [0.25, 0.3) is 0 Å². The molecular formula is C20H23ClF3N3O3. The van der Waals surface area contributed by atoms with Crippen molar-refractivity contribution < 1.29 is 27.5 Å². The number of ketones is 1. The molecule has 2 aromatic rings. The Bertz CT molecular complexity index is 982. The van der Waals surface area contributed by atoms with Gasteiger partial charge in [0, 0.05) is 12.6 Å². The Morgan fingerprint density at radius 2 is 1.83 bits per heavy atom. The van der Waals surface area contributed by atoms with Crippen LogP contribution >= 0.6 is 11.6 Å². The second kappa shape index (κ2) is 8.29. The molecule has 0 radical (unpaired) electrons. The number of carbonyl (C=O) groups excluding carboxylic acids is 2. The number of rotatable bonds is 6. The van der Waals surface area contributed by atoms with Crippen LogP contribution < -0.4 is 10.1 Å². The normalized spacial score (nSPS) is 12.2. The van der Waals surface area contributed by atoms with E-state index in [1.807, 2.05) is 13.8 Å². The van der Waals surface area contributed by atoms with Crippen molar-refractivity contribution in [1.29, 1.82) is 0 Å². The molecule has 0 spiro atoms. The number of aromatic nitrogens is 2. The summed E-state index contributed by atoms with van der Waals surface area (Å²) in [5.74, 6) is -1.04. The summed E-state index contributed by atoms with van der Waals surface area (Å²) >= 11 is 5.87. The summed E-state index contributed by atoms with van der Waals surface area (Å²) in [4.78, 5) is 25.7. The lowest BCUT2D eigenvalue weighted by atomic mass is 9.90. The van der Waals surface area contributed by atoms with E-state index in [-0.39, 0.29) is 6.10 Å². The third-order valence-corrected chi connectivity index (χ3v) is 4.71. The molecule has 0 saturated carbocycles. The van der Waals surface area contributed by atoms with Gasteiger partial charge >= 0.3 is 6.18 Å². The first-order chi connectivity index (χ1) is 13.6.